The number of aliphatic hydroxyl groups is 1. The van der Waals surface area contributed by atoms with Gasteiger partial charge in [0.15, 0.2) is 5.69 Å². The Balaban J connectivity index is 2.04. The highest BCUT2D eigenvalue weighted by Crippen LogP contribution is 2.22. The second-order valence-corrected chi connectivity index (χ2v) is 4.53. The molecule has 1 aromatic rings. The Morgan fingerprint density at radius 1 is 1.71 bits per heavy atom. The topological polar surface area (TPSA) is 95.2 Å². The number of aryl methyl sites for hydroxylation is 1. The van der Waals surface area contributed by atoms with E-state index >= 15 is 0 Å². The maximum Gasteiger partial charge on any atom is 0.276 e. The molecular formula is C11H18N4O2. The van der Waals surface area contributed by atoms with E-state index in [1.165, 1.54) is 0 Å². The third kappa shape index (κ3) is 2.26. The summed E-state index contributed by atoms with van der Waals surface area (Å²) in [6.07, 6.45) is 1.69. The van der Waals surface area contributed by atoms with Crippen LogP contribution in [0.25, 0.3) is 0 Å². The summed E-state index contributed by atoms with van der Waals surface area (Å²) in [4.78, 5) is 13.9. The van der Waals surface area contributed by atoms with Crippen molar-refractivity contribution in [3.8, 4) is 0 Å². The fourth-order valence-electron chi connectivity index (χ4n) is 2.19. The lowest BCUT2D eigenvalue weighted by molar-refractivity contribution is 0.0780. The van der Waals surface area contributed by atoms with E-state index in [-0.39, 0.29) is 12.5 Å². The lowest BCUT2D eigenvalue weighted by atomic mass is 10.1. The maximum atomic E-state index is 12.1. The summed E-state index contributed by atoms with van der Waals surface area (Å²) >= 11 is 0. The van der Waals surface area contributed by atoms with Crippen molar-refractivity contribution >= 4 is 11.6 Å². The zero-order valence-electron chi connectivity index (χ0n) is 9.94. The Kier molecular flexibility index (Phi) is 3.33. The first-order valence-corrected chi connectivity index (χ1v) is 5.84. The number of hydrogen-bond acceptors (Lipinski definition) is 4. The van der Waals surface area contributed by atoms with Gasteiger partial charge in [0, 0.05) is 19.7 Å². The first-order chi connectivity index (χ1) is 8.13. The number of likely N-dealkylation sites (tertiary alicyclic amines) is 1. The van der Waals surface area contributed by atoms with Crippen LogP contribution in [0.4, 0.5) is 5.69 Å². The van der Waals surface area contributed by atoms with E-state index in [4.69, 9.17) is 10.8 Å². The smallest absolute Gasteiger partial charge is 0.276 e. The molecule has 0 saturated carbocycles. The van der Waals surface area contributed by atoms with E-state index in [2.05, 4.69) is 10.2 Å². The van der Waals surface area contributed by atoms with Crippen LogP contribution in [-0.2, 0) is 0 Å². The van der Waals surface area contributed by atoms with Crippen molar-refractivity contribution in [1.82, 2.24) is 15.1 Å². The average molecular weight is 238 g/mol. The number of carbonyl (C=O) groups is 1. The minimum atomic E-state index is -0.118. The number of aromatic amines is 1. The van der Waals surface area contributed by atoms with Crippen LogP contribution < -0.4 is 5.73 Å². The van der Waals surface area contributed by atoms with Crippen molar-refractivity contribution in [3.63, 3.8) is 0 Å². The number of nitrogens with zero attached hydrogens (tertiary/aromatic N) is 2. The van der Waals surface area contributed by atoms with Crippen molar-refractivity contribution in [2.75, 3.05) is 25.4 Å². The van der Waals surface area contributed by atoms with Gasteiger partial charge in [-0.15, -0.1) is 0 Å². The first kappa shape index (κ1) is 11.9. The molecule has 0 bridgehead atoms. The molecule has 17 heavy (non-hydrogen) atoms. The summed E-state index contributed by atoms with van der Waals surface area (Å²) in [6.45, 7) is 3.37. The molecule has 0 aliphatic carbocycles. The van der Waals surface area contributed by atoms with E-state index in [0.29, 0.717) is 23.8 Å². The van der Waals surface area contributed by atoms with E-state index < -0.39 is 0 Å². The van der Waals surface area contributed by atoms with Crippen molar-refractivity contribution in [2.45, 2.75) is 19.8 Å². The fourth-order valence-corrected chi connectivity index (χ4v) is 2.19. The number of nitrogens with one attached hydrogen (secondary N) is 1. The van der Waals surface area contributed by atoms with E-state index in [9.17, 15) is 4.79 Å². The highest BCUT2D eigenvalue weighted by molar-refractivity contribution is 5.97. The van der Waals surface area contributed by atoms with Gasteiger partial charge in [-0.05, 0) is 25.7 Å². The molecule has 1 aliphatic heterocycles. The van der Waals surface area contributed by atoms with E-state index in [1.807, 2.05) is 0 Å². The Labute approximate surface area is 99.8 Å². The summed E-state index contributed by atoms with van der Waals surface area (Å²) in [5, 5.41) is 15.5. The lowest BCUT2D eigenvalue weighted by Crippen LogP contribution is -2.29. The molecule has 1 saturated heterocycles. The maximum absolute atomic E-state index is 12.1. The molecule has 2 heterocycles. The number of aromatic nitrogens is 2. The van der Waals surface area contributed by atoms with Gasteiger partial charge in [0.25, 0.3) is 5.91 Å². The van der Waals surface area contributed by atoms with Crippen LogP contribution in [0.2, 0.25) is 0 Å². The average Bonchev–Trinajstić information content (AvgIpc) is 2.88. The molecule has 0 aromatic carbocycles. The van der Waals surface area contributed by atoms with Crippen LogP contribution in [0.15, 0.2) is 0 Å². The van der Waals surface area contributed by atoms with Gasteiger partial charge < -0.3 is 15.7 Å². The second-order valence-electron chi connectivity index (χ2n) is 4.53. The summed E-state index contributed by atoms with van der Waals surface area (Å²) in [7, 11) is 0. The number of H-pyrrole nitrogens is 1. The van der Waals surface area contributed by atoms with Crippen LogP contribution in [0.3, 0.4) is 0 Å². The molecule has 1 unspecified atom stereocenters. The molecule has 1 fully saturated rings. The summed E-state index contributed by atoms with van der Waals surface area (Å²) in [5.41, 5.74) is 7.25. The normalized spacial score (nSPS) is 19.9. The predicted octanol–water partition coefficient (Wildman–Crippen LogP) is 0.145. The van der Waals surface area contributed by atoms with Crippen LogP contribution >= 0.6 is 0 Å². The SMILES string of the molecule is Cc1[nH]nc(C(=O)N2CCC(CCO)C2)c1N. The Bertz CT molecular complexity index is 416. The van der Waals surface area contributed by atoms with Gasteiger partial charge in [-0.25, -0.2) is 0 Å². The number of amides is 1. The van der Waals surface area contributed by atoms with Crippen LogP contribution in [0.1, 0.15) is 29.0 Å². The molecule has 2 rings (SSSR count). The quantitative estimate of drug-likeness (QED) is 0.698. The Hall–Kier alpha value is -1.56. The van der Waals surface area contributed by atoms with Gasteiger partial charge >= 0.3 is 0 Å². The highest BCUT2D eigenvalue weighted by atomic mass is 16.3. The molecule has 6 nitrogen and oxygen atoms in total. The van der Waals surface area contributed by atoms with Gasteiger partial charge in [0.1, 0.15) is 0 Å². The number of nitrogens with two attached hydrogens (primary N) is 1. The summed E-state index contributed by atoms with van der Waals surface area (Å²) < 4.78 is 0. The molecule has 0 spiro atoms. The van der Waals surface area contributed by atoms with Gasteiger partial charge in [-0.2, -0.15) is 5.10 Å². The molecular weight excluding hydrogens is 220 g/mol. The number of carbonyl (C=O) groups excluding carboxylic acids is 1. The molecule has 1 aliphatic rings. The van der Waals surface area contributed by atoms with E-state index in [0.717, 1.165) is 25.1 Å². The Morgan fingerprint density at radius 2 is 2.47 bits per heavy atom. The van der Waals surface area contributed by atoms with Gasteiger partial charge in [0.2, 0.25) is 0 Å². The fraction of sp³-hybridized carbons (Fsp3) is 0.636. The number of anilines is 1. The minimum Gasteiger partial charge on any atom is -0.396 e. The predicted molar refractivity (Wildman–Crippen MR) is 63.5 cm³/mol. The first-order valence-electron chi connectivity index (χ1n) is 5.84. The van der Waals surface area contributed by atoms with Crippen LogP contribution in [-0.4, -0.2) is 45.8 Å². The highest BCUT2D eigenvalue weighted by Gasteiger charge is 2.29. The molecule has 94 valence electrons. The van der Waals surface area contributed by atoms with Crippen LogP contribution in [0.5, 0.6) is 0 Å². The standard InChI is InChI=1S/C11H18N4O2/c1-7-9(12)10(14-13-7)11(17)15-4-2-8(6-15)3-5-16/h8,16H,2-6,12H2,1H3,(H,13,14). The third-order valence-electron chi connectivity index (χ3n) is 3.31. The third-order valence-corrected chi connectivity index (χ3v) is 3.31. The molecule has 1 atom stereocenters. The van der Waals surface area contributed by atoms with Crippen molar-refractivity contribution in [1.29, 1.82) is 0 Å². The van der Waals surface area contributed by atoms with Crippen molar-refractivity contribution in [2.24, 2.45) is 5.92 Å². The molecule has 6 heteroatoms. The zero-order chi connectivity index (χ0) is 12.4. The number of hydrogen-bond donors (Lipinski definition) is 3. The minimum absolute atomic E-state index is 0.118. The second kappa shape index (κ2) is 4.75. The molecule has 4 N–H and O–H groups in total. The van der Waals surface area contributed by atoms with Gasteiger partial charge in [-0.3, -0.25) is 9.89 Å². The number of rotatable bonds is 3. The molecule has 1 aromatic heterocycles. The van der Waals surface area contributed by atoms with Gasteiger partial charge in [-0.1, -0.05) is 0 Å². The number of nitrogen functional groups attached to an aromatic ring is 1. The lowest BCUT2D eigenvalue weighted by Gasteiger charge is -2.15. The number of aliphatic hydroxyl groups excluding tert-OH is 1. The van der Waals surface area contributed by atoms with Gasteiger partial charge in [0.05, 0.1) is 11.4 Å². The Morgan fingerprint density at radius 3 is 3.06 bits per heavy atom. The van der Waals surface area contributed by atoms with Crippen molar-refractivity contribution < 1.29 is 9.90 Å². The van der Waals surface area contributed by atoms with Crippen molar-refractivity contribution in [3.05, 3.63) is 11.4 Å². The summed E-state index contributed by atoms with van der Waals surface area (Å²) in [6, 6.07) is 0. The van der Waals surface area contributed by atoms with E-state index in [1.54, 1.807) is 11.8 Å². The largest absolute Gasteiger partial charge is 0.396 e. The zero-order valence-corrected chi connectivity index (χ0v) is 9.94. The molecule has 0 radical (unpaired) electrons. The monoisotopic (exact) mass is 238 g/mol. The molecule has 1 amide bonds. The summed E-state index contributed by atoms with van der Waals surface area (Å²) in [5.74, 6) is 0.275. The van der Waals surface area contributed by atoms with Crippen LogP contribution in [0, 0.1) is 12.8 Å².